The maximum Gasteiger partial charge on any atom is 0.163 e. The van der Waals surface area contributed by atoms with Gasteiger partial charge in [0, 0.05) is 6.42 Å². The number of ether oxygens (including phenoxy) is 1. The molecule has 0 spiro atoms. The summed E-state index contributed by atoms with van der Waals surface area (Å²) in [5.74, 6) is 0.789. The van der Waals surface area contributed by atoms with E-state index in [2.05, 4.69) is 27.1 Å². The maximum atomic E-state index is 10.7. The Bertz CT molecular complexity index is 1030. The number of rotatable bonds is 6. The number of fused-ring (bicyclic) bond motifs is 1. The topological polar surface area (TPSA) is 73.1 Å². The van der Waals surface area contributed by atoms with Crippen LogP contribution in [0.2, 0.25) is 0 Å². The summed E-state index contributed by atoms with van der Waals surface area (Å²) in [5.41, 5.74) is 4.06. The molecule has 0 bridgehead atoms. The van der Waals surface area contributed by atoms with Crippen molar-refractivity contribution in [2.75, 3.05) is 7.11 Å². The van der Waals surface area contributed by atoms with Crippen molar-refractivity contribution in [1.82, 2.24) is 19.5 Å². The predicted molar refractivity (Wildman–Crippen MR) is 103 cm³/mol. The third-order valence-electron chi connectivity index (χ3n) is 4.53. The number of aliphatic hydroxyl groups excluding tert-OH is 1. The van der Waals surface area contributed by atoms with Crippen LogP contribution in [-0.4, -0.2) is 31.7 Å². The second-order valence-corrected chi connectivity index (χ2v) is 6.36. The Labute approximate surface area is 157 Å². The van der Waals surface area contributed by atoms with Crippen LogP contribution in [0, 0.1) is 0 Å². The Morgan fingerprint density at radius 3 is 2.48 bits per heavy atom. The highest BCUT2D eigenvalue weighted by Crippen LogP contribution is 2.24. The number of hydrogen-bond donors (Lipinski definition) is 1. The van der Waals surface area contributed by atoms with Crippen molar-refractivity contribution in [2.24, 2.45) is 0 Å². The summed E-state index contributed by atoms with van der Waals surface area (Å²) >= 11 is 0. The van der Waals surface area contributed by atoms with Crippen molar-refractivity contribution >= 4 is 11.2 Å². The van der Waals surface area contributed by atoms with E-state index in [9.17, 15) is 5.11 Å². The van der Waals surface area contributed by atoms with Crippen molar-refractivity contribution in [3.63, 3.8) is 0 Å². The number of hydrogen-bond acceptors (Lipinski definition) is 5. The maximum absolute atomic E-state index is 10.7. The highest BCUT2D eigenvalue weighted by atomic mass is 16.5. The van der Waals surface area contributed by atoms with Gasteiger partial charge in [-0.15, -0.1) is 0 Å². The molecule has 6 heteroatoms. The Kier molecular flexibility index (Phi) is 4.80. The third kappa shape index (κ3) is 3.66. The van der Waals surface area contributed by atoms with Gasteiger partial charge >= 0.3 is 0 Å². The second kappa shape index (κ2) is 7.55. The van der Waals surface area contributed by atoms with Crippen molar-refractivity contribution in [1.29, 1.82) is 0 Å². The minimum Gasteiger partial charge on any atom is -0.497 e. The molecule has 0 aliphatic rings. The second-order valence-electron chi connectivity index (χ2n) is 6.36. The van der Waals surface area contributed by atoms with Gasteiger partial charge in [0.2, 0.25) is 0 Å². The molecule has 2 heterocycles. The van der Waals surface area contributed by atoms with E-state index in [4.69, 9.17) is 4.74 Å². The lowest BCUT2D eigenvalue weighted by atomic mass is 10.0. The number of methoxy groups -OCH3 is 1. The summed E-state index contributed by atoms with van der Waals surface area (Å²) in [7, 11) is 1.63. The molecular formula is C21H20N4O2. The summed E-state index contributed by atoms with van der Waals surface area (Å²) in [4.78, 5) is 13.1. The van der Waals surface area contributed by atoms with E-state index in [-0.39, 0.29) is 0 Å². The fraction of sp³-hybridized carbons (Fsp3) is 0.190. The fourth-order valence-corrected chi connectivity index (χ4v) is 3.12. The van der Waals surface area contributed by atoms with Crippen LogP contribution >= 0.6 is 0 Å². The van der Waals surface area contributed by atoms with Crippen LogP contribution in [-0.2, 0) is 13.0 Å². The molecule has 2 aromatic carbocycles. The molecule has 1 unspecified atom stereocenters. The lowest BCUT2D eigenvalue weighted by Crippen LogP contribution is -2.07. The van der Waals surface area contributed by atoms with Gasteiger partial charge in [-0.1, -0.05) is 42.5 Å². The Morgan fingerprint density at radius 1 is 0.963 bits per heavy atom. The van der Waals surface area contributed by atoms with E-state index in [1.807, 2.05) is 47.0 Å². The van der Waals surface area contributed by atoms with Gasteiger partial charge in [-0.3, -0.25) is 0 Å². The minimum atomic E-state index is -0.760. The highest BCUT2D eigenvalue weighted by molar-refractivity contribution is 5.73. The number of benzene rings is 2. The summed E-state index contributed by atoms with van der Waals surface area (Å²) in [6.45, 7) is 0.669. The zero-order chi connectivity index (χ0) is 18.6. The molecule has 0 saturated heterocycles. The lowest BCUT2D eigenvalue weighted by molar-refractivity contribution is 0.175. The molecule has 27 heavy (non-hydrogen) atoms. The first-order chi connectivity index (χ1) is 13.2. The van der Waals surface area contributed by atoms with Crippen LogP contribution < -0.4 is 4.74 Å². The van der Waals surface area contributed by atoms with E-state index >= 15 is 0 Å². The number of aliphatic hydroxyl groups is 1. The average molecular weight is 360 g/mol. The first kappa shape index (κ1) is 17.2. The predicted octanol–water partition coefficient (Wildman–Crippen LogP) is 3.16. The van der Waals surface area contributed by atoms with E-state index in [1.54, 1.807) is 13.4 Å². The summed E-state index contributed by atoms with van der Waals surface area (Å²) in [6, 6.07) is 17.8. The number of aromatic nitrogens is 4. The SMILES string of the molecule is COc1ccc(CC(O)c2ncnc3c2ncn3Cc2ccccc2)cc1. The molecule has 0 radical (unpaired) electrons. The molecule has 2 aromatic heterocycles. The summed E-state index contributed by atoms with van der Waals surface area (Å²) in [5, 5.41) is 10.7. The molecule has 0 aliphatic carbocycles. The van der Waals surface area contributed by atoms with Crippen molar-refractivity contribution in [2.45, 2.75) is 19.1 Å². The van der Waals surface area contributed by atoms with Gasteiger partial charge in [-0.05, 0) is 23.3 Å². The van der Waals surface area contributed by atoms with Gasteiger partial charge in [0.05, 0.1) is 20.0 Å². The minimum absolute atomic E-state index is 0.446. The van der Waals surface area contributed by atoms with E-state index in [1.165, 1.54) is 6.33 Å². The lowest BCUT2D eigenvalue weighted by Gasteiger charge is -2.11. The Hall–Kier alpha value is -3.25. The highest BCUT2D eigenvalue weighted by Gasteiger charge is 2.18. The third-order valence-corrected chi connectivity index (χ3v) is 4.53. The fourth-order valence-electron chi connectivity index (χ4n) is 3.12. The largest absolute Gasteiger partial charge is 0.497 e. The first-order valence-electron chi connectivity index (χ1n) is 8.75. The molecule has 0 aliphatic heterocycles. The van der Waals surface area contributed by atoms with E-state index in [0.29, 0.717) is 24.2 Å². The quantitative estimate of drug-likeness (QED) is 0.572. The van der Waals surface area contributed by atoms with Crippen LogP contribution in [0.5, 0.6) is 5.75 Å². The van der Waals surface area contributed by atoms with Crippen molar-refractivity contribution in [3.8, 4) is 5.75 Å². The van der Waals surface area contributed by atoms with Crippen molar-refractivity contribution in [3.05, 3.63) is 84.1 Å². The standard InChI is InChI=1S/C21H20N4O2/c1-27-17-9-7-15(8-10-17)11-18(26)19-20-21(23-13-22-19)25(14-24-20)12-16-5-3-2-4-6-16/h2-10,13-14,18,26H,11-12H2,1H3. The van der Waals surface area contributed by atoms with Crippen LogP contribution in [0.3, 0.4) is 0 Å². The van der Waals surface area contributed by atoms with E-state index < -0.39 is 6.10 Å². The van der Waals surface area contributed by atoms with E-state index in [0.717, 1.165) is 22.5 Å². The first-order valence-corrected chi connectivity index (χ1v) is 8.75. The zero-order valence-corrected chi connectivity index (χ0v) is 15.0. The monoisotopic (exact) mass is 360 g/mol. The van der Waals surface area contributed by atoms with Gasteiger partial charge in [0.15, 0.2) is 5.65 Å². The van der Waals surface area contributed by atoms with Crippen LogP contribution in [0.15, 0.2) is 67.3 Å². The van der Waals surface area contributed by atoms with Gasteiger partial charge in [0.1, 0.15) is 29.4 Å². The summed E-state index contributed by atoms with van der Waals surface area (Å²) in [6.07, 6.45) is 2.92. The van der Waals surface area contributed by atoms with Gasteiger partial charge in [-0.25, -0.2) is 15.0 Å². The molecule has 1 N–H and O–H groups in total. The Balaban J connectivity index is 1.60. The zero-order valence-electron chi connectivity index (χ0n) is 15.0. The molecule has 4 aromatic rings. The molecule has 4 rings (SSSR count). The average Bonchev–Trinajstić information content (AvgIpc) is 3.12. The number of imidazole rings is 1. The van der Waals surface area contributed by atoms with Crippen LogP contribution in [0.4, 0.5) is 0 Å². The molecule has 136 valence electrons. The van der Waals surface area contributed by atoms with Gasteiger partial charge in [0.25, 0.3) is 0 Å². The summed E-state index contributed by atoms with van der Waals surface area (Å²) < 4.78 is 7.14. The molecule has 0 amide bonds. The van der Waals surface area contributed by atoms with Gasteiger partial charge < -0.3 is 14.4 Å². The normalized spacial score (nSPS) is 12.2. The molecule has 1 atom stereocenters. The molecule has 0 saturated carbocycles. The van der Waals surface area contributed by atoms with Crippen LogP contribution in [0.25, 0.3) is 11.2 Å². The Morgan fingerprint density at radius 2 is 1.74 bits per heavy atom. The molecule has 6 nitrogen and oxygen atoms in total. The molecular weight excluding hydrogens is 340 g/mol. The van der Waals surface area contributed by atoms with Gasteiger partial charge in [-0.2, -0.15) is 0 Å². The number of nitrogens with zero attached hydrogens (tertiary/aromatic N) is 4. The van der Waals surface area contributed by atoms with Crippen LogP contribution in [0.1, 0.15) is 22.9 Å². The smallest absolute Gasteiger partial charge is 0.163 e. The van der Waals surface area contributed by atoms with Crippen molar-refractivity contribution < 1.29 is 9.84 Å². The molecule has 0 fully saturated rings.